The van der Waals surface area contributed by atoms with E-state index in [1.54, 1.807) is 0 Å². The Morgan fingerprint density at radius 3 is 2.57 bits per heavy atom. The standard InChI is InChI=1S/C5H12O2/c1-5(4-7)2-3-6/h5-7H,2-4H2,1H3/i1D3. The largest absolute Gasteiger partial charge is 0.396 e. The lowest BCUT2D eigenvalue weighted by Crippen LogP contribution is -2.01. The fourth-order valence-electron chi connectivity index (χ4n) is 0.247. The van der Waals surface area contributed by atoms with Crippen LogP contribution in [0.2, 0.25) is 0 Å². The highest BCUT2D eigenvalue weighted by molar-refractivity contribution is 4.45. The summed E-state index contributed by atoms with van der Waals surface area (Å²) in [6, 6.07) is 0. The van der Waals surface area contributed by atoms with Crippen LogP contribution in [0, 0.1) is 5.92 Å². The second-order valence-electron chi connectivity index (χ2n) is 1.39. The van der Waals surface area contributed by atoms with E-state index in [0.717, 1.165) is 0 Å². The summed E-state index contributed by atoms with van der Waals surface area (Å²) in [5.74, 6) is -0.780. The SMILES string of the molecule is [2H]C([2H])([2H])C(CO)CCO. The Kier molecular flexibility index (Phi) is 1.78. The maximum absolute atomic E-state index is 8.52. The molecule has 0 rings (SSSR count). The lowest BCUT2D eigenvalue weighted by molar-refractivity contribution is 0.194. The number of aliphatic hydroxyl groups is 2. The molecule has 7 heavy (non-hydrogen) atoms. The van der Waals surface area contributed by atoms with Crippen LogP contribution in [0.5, 0.6) is 0 Å². The highest BCUT2D eigenvalue weighted by Crippen LogP contribution is 1.96. The predicted octanol–water partition coefficient (Wildman–Crippen LogP) is -0.00280. The Labute approximate surface area is 48.0 Å². The van der Waals surface area contributed by atoms with Crippen molar-refractivity contribution in [1.82, 2.24) is 0 Å². The Morgan fingerprint density at radius 1 is 1.71 bits per heavy atom. The number of hydrogen-bond donors (Lipinski definition) is 2. The Bertz CT molecular complexity index is 91.4. The second kappa shape index (κ2) is 4.09. The molecule has 44 valence electrons. The fourth-order valence-corrected chi connectivity index (χ4v) is 0.247. The van der Waals surface area contributed by atoms with Gasteiger partial charge in [-0.15, -0.1) is 0 Å². The lowest BCUT2D eigenvalue weighted by Gasteiger charge is -2.01. The molecule has 0 amide bonds. The van der Waals surface area contributed by atoms with Crippen molar-refractivity contribution in [3.63, 3.8) is 0 Å². The van der Waals surface area contributed by atoms with Crippen molar-refractivity contribution in [3.8, 4) is 0 Å². The molecule has 2 N–H and O–H groups in total. The van der Waals surface area contributed by atoms with Crippen LogP contribution < -0.4 is 0 Å². The topological polar surface area (TPSA) is 40.5 Å². The lowest BCUT2D eigenvalue weighted by atomic mass is 10.1. The van der Waals surface area contributed by atoms with E-state index in [1.807, 2.05) is 0 Å². The molecule has 0 aliphatic rings. The van der Waals surface area contributed by atoms with Crippen molar-refractivity contribution in [2.75, 3.05) is 13.2 Å². The molecule has 0 heterocycles. The van der Waals surface area contributed by atoms with Gasteiger partial charge in [0.15, 0.2) is 0 Å². The van der Waals surface area contributed by atoms with E-state index in [2.05, 4.69) is 0 Å². The molecule has 0 aromatic heterocycles. The van der Waals surface area contributed by atoms with Crippen molar-refractivity contribution >= 4 is 0 Å². The summed E-state index contributed by atoms with van der Waals surface area (Å²) < 4.78 is 20.6. The van der Waals surface area contributed by atoms with Crippen molar-refractivity contribution in [2.24, 2.45) is 5.92 Å². The van der Waals surface area contributed by atoms with Crippen LogP contribution in [0.1, 0.15) is 17.4 Å². The quantitative estimate of drug-likeness (QED) is 0.533. The minimum Gasteiger partial charge on any atom is -0.396 e. The Balaban J connectivity index is 3.81. The third-order valence-electron chi connectivity index (χ3n) is 0.698. The summed E-state index contributed by atoms with van der Waals surface area (Å²) in [5.41, 5.74) is 0. The Morgan fingerprint density at radius 2 is 2.43 bits per heavy atom. The molecule has 1 unspecified atom stereocenters. The molecule has 0 aliphatic heterocycles. The van der Waals surface area contributed by atoms with Gasteiger partial charge in [-0.05, 0) is 12.3 Å². The van der Waals surface area contributed by atoms with E-state index in [-0.39, 0.29) is 13.0 Å². The maximum Gasteiger partial charge on any atom is 0.0457 e. The molecule has 0 radical (unpaired) electrons. The number of rotatable bonds is 3. The van der Waals surface area contributed by atoms with Gasteiger partial charge in [-0.1, -0.05) is 6.85 Å². The zero-order valence-electron chi connectivity index (χ0n) is 7.09. The first kappa shape index (κ1) is 3.05. The van der Waals surface area contributed by atoms with Crippen LogP contribution in [-0.4, -0.2) is 23.4 Å². The molecule has 2 nitrogen and oxygen atoms in total. The van der Waals surface area contributed by atoms with Crippen LogP contribution in [0.25, 0.3) is 0 Å². The minimum atomic E-state index is -2.14. The molecule has 0 saturated carbocycles. The fraction of sp³-hybridized carbons (Fsp3) is 1.00. The van der Waals surface area contributed by atoms with E-state index in [0.29, 0.717) is 0 Å². The first-order chi connectivity index (χ1) is 4.52. The van der Waals surface area contributed by atoms with Crippen LogP contribution in [0.15, 0.2) is 0 Å². The first-order valence-electron chi connectivity index (χ1n) is 3.74. The molecule has 2 heteroatoms. The molecule has 0 fully saturated rings. The average molecular weight is 107 g/mol. The monoisotopic (exact) mass is 107 g/mol. The molecule has 0 aromatic rings. The van der Waals surface area contributed by atoms with Crippen molar-refractivity contribution < 1.29 is 14.3 Å². The van der Waals surface area contributed by atoms with Crippen molar-refractivity contribution in [1.29, 1.82) is 0 Å². The summed E-state index contributed by atoms with van der Waals surface area (Å²) in [7, 11) is 0. The number of hydrogen-bond acceptors (Lipinski definition) is 2. The second-order valence-corrected chi connectivity index (χ2v) is 1.39. The molecule has 0 saturated heterocycles. The summed E-state index contributed by atoms with van der Waals surface area (Å²) in [5, 5.41) is 16.9. The zero-order valence-corrected chi connectivity index (χ0v) is 4.09. The molecule has 0 aromatic carbocycles. The van der Waals surface area contributed by atoms with Gasteiger partial charge in [0.25, 0.3) is 0 Å². The van der Waals surface area contributed by atoms with E-state index >= 15 is 0 Å². The first-order valence-corrected chi connectivity index (χ1v) is 2.24. The summed E-state index contributed by atoms with van der Waals surface area (Å²) >= 11 is 0. The molecule has 1 atom stereocenters. The third kappa shape index (κ3) is 3.76. The predicted molar refractivity (Wildman–Crippen MR) is 28.0 cm³/mol. The van der Waals surface area contributed by atoms with Crippen LogP contribution in [-0.2, 0) is 0 Å². The highest BCUT2D eigenvalue weighted by atomic mass is 16.3. The maximum atomic E-state index is 8.52. The summed E-state index contributed by atoms with van der Waals surface area (Å²) in [4.78, 5) is 0. The Hall–Kier alpha value is -0.0800. The van der Waals surface area contributed by atoms with E-state index < -0.39 is 19.4 Å². The van der Waals surface area contributed by atoms with Crippen molar-refractivity contribution in [3.05, 3.63) is 0 Å². The van der Waals surface area contributed by atoms with Gasteiger partial charge >= 0.3 is 0 Å². The van der Waals surface area contributed by atoms with Gasteiger partial charge < -0.3 is 10.2 Å². The minimum absolute atomic E-state index is 0.132. The van der Waals surface area contributed by atoms with E-state index in [1.165, 1.54) is 0 Å². The summed E-state index contributed by atoms with van der Waals surface area (Å²) in [6.45, 7) is -2.72. The van der Waals surface area contributed by atoms with Crippen LogP contribution in [0.4, 0.5) is 0 Å². The van der Waals surface area contributed by atoms with Gasteiger partial charge in [0.05, 0.1) is 0 Å². The summed E-state index contributed by atoms with van der Waals surface area (Å²) in [6.07, 6.45) is 0.132. The van der Waals surface area contributed by atoms with Gasteiger partial charge in [-0.2, -0.15) is 0 Å². The van der Waals surface area contributed by atoms with Crippen LogP contribution >= 0.6 is 0 Å². The smallest absolute Gasteiger partial charge is 0.0457 e. The third-order valence-corrected chi connectivity index (χ3v) is 0.698. The van der Waals surface area contributed by atoms with Gasteiger partial charge in [0, 0.05) is 17.3 Å². The van der Waals surface area contributed by atoms with Gasteiger partial charge in [-0.3, -0.25) is 0 Å². The average Bonchev–Trinajstić information content (AvgIpc) is 1.80. The van der Waals surface area contributed by atoms with Gasteiger partial charge in [0.1, 0.15) is 0 Å². The highest BCUT2D eigenvalue weighted by Gasteiger charge is 1.94. The van der Waals surface area contributed by atoms with Gasteiger partial charge in [-0.25, -0.2) is 0 Å². The zero-order chi connectivity index (χ0) is 8.20. The molecule has 0 aliphatic carbocycles. The molecule has 0 bridgehead atoms. The molecular weight excluding hydrogens is 92.1 g/mol. The van der Waals surface area contributed by atoms with Crippen LogP contribution in [0.3, 0.4) is 0 Å². The van der Waals surface area contributed by atoms with Gasteiger partial charge in [0.2, 0.25) is 0 Å². The normalized spacial score (nSPS) is 22.3. The van der Waals surface area contributed by atoms with E-state index in [9.17, 15) is 0 Å². The number of aliphatic hydroxyl groups excluding tert-OH is 2. The van der Waals surface area contributed by atoms with E-state index in [4.69, 9.17) is 14.3 Å². The molecular formula is C5H12O2. The molecule has 0 spiro atoms. The van der Waals surface area contributed by atoms with Crippen molar-refractivity contribution in [2.45, 2.75) is 13.3 Å².